The number of rotatable bonds is 6. The van der Waals surface area contributed by atoms with Gasteiger partial charge in [0, 0.05) is 32.3 Å². The van der Waals surface area contributed by atoms with E-state index in [4.69, 9.17) is 4.74 Å². The Morgan fingerprint density at radius 3 is 2.42 bits per heavy atom. The quantitative estimate of drug-likeness (QED) is 0.345. The van der Waals surface area contributed by atoms with Gasteiger partial charge in [0.2, 0.25) is 5.75 Å². The average Bonchev–Trinajstić information content (AvgIpc) is 2.60. The summed E-state index contributed by atoms with van der Waals surface area (Å²) in [4.78, 5) is 17.6. The van der Waals surface area contributed by atoms with Crippen molar-refractivity contribution in [2.45, 2.75) is 20.1 Å². The highest BCUT2D eigenvalue weighted by Crippen LogP contribution is 2.25. The Bertz CT molecular complexity index is 817. The van der Waals surface area contributed by atoms with Crippen LogP contribution in [0.4, 0.5) is 11.4 Å². The Balaban J connectivity index is 2.48. The van der Waals surface area contributed by atoms with Crippen LogP contribution in [0.15, 0.2) is 35.5 Å². The van der Waals surface area contributed by atoms with Crippen molar-refractivity contribution < 1.29 is 24.5 Å². The molecule has 0 spiro atoms. The second-order valence-corrected chi connectivity index (χ2v) is 5.75. The number of carbonyl (C=O) groups excluding carboxylic acids is 1. The van der Waals surface area contributed by atoms with Gasteiger partial charge in [-0.25, -0.2) is 4.99 Å². The number of aliphatic imine (C=N–C) groups is 1. The summed E-state index contributed by atoms with van der Waals surface area (Å²) >= 11 is 0. The van der Waals surface area contributed by atoms with Crippen LogP contribution in [0, 0.1) is 5.21 Å². The third-order valence-corrected chi connectivity index (χ3v) is 3.68. The molecule has 1 heterocycles. The third kappa shape index (κ3) is 4.35. The second-order valence-electron chi connectivity index (χ2n) is 5.75. The van der Waals surface area contributed by atoms with Gasteiger partial charge in [0.1, 0.15) is 6.21 Å². The number of esters is 1. The van der Waals surface area contributed by atoms with Crippen molar-refractivity contribution in [1.29, 1.82) is 0 Å². The molecule has 0 amide bonds. The number of ether oxygens (including phenoxy) is 1. The summed E-state index contributed by atoms with van der Waals surface area (Å²) in [6.45, 7) is 0.205. The number of aliphatic hydroxyl groups is 2. The molecule has 138 valence electrons. The standard InChI is InChI=1S/C18H21N3O5/c1-12(24)26-18-16(11-23)13(10-22)9-21(25)17(18)8-19-14-4-6-15(7-5-14)20(2)3/h4-9,22-23H,10-11H2,1-3H3. The second kappa shape index (κ2) is 8.41. The first-order valence-corrected chi connectivity index (χ1v) is 7.86. The molecule has 0 aliphatic rings. The molecule has 8 heteroatoms. The van der Waals surface area contributed by atoms with Crippen molar-refractivity contribution in [3.63, 3.8) is 0 Å². The lowest BCUT2D eigenvalue weighted by molar-refractivity contribution is -0.607. The molecule has 2 rings (SSSR count). The van der Waals surface area contributed by atoms with Crippen LogP contribution >= 0.6 is 0 Å². The lowest BCUT2D eigenvalue weighted by Crippen LogP contribution is -2.34. The number of nitrogens with zero attached hydrogens (tertiary/aromatic N) is 3. The molecule has 0 aliphatic carbocycles. The molecular formula is C18H21N3O5. The lowest BCUT2D eigenvalue weighted by atomic mass is 10.1. The van der Waals surface area contributed by atoms with E-state index < -0.39 is 19.2 Å². The zero-order chi connectivity index (χ0) is 19.3. The number of hydrogen-bond donors (Lipinski definition) is 2. The van der Waals surface area contributed by atoms with Crippen LogP contribution in [0.2, 0.25) is 0 Å². The minimum absolute atomic E-state index is 0.0434. The van der Waals surface area contributed by atoms with E-state index in [-0.39, 0.29) is 22.6 Å². The molecule has 0 saturated heterocycles. The summed E-state index contributed by atoms with van der Waals surface area (Å²) in [5.41, 5.74) is 1.89. The highest BCUT2D eigenvalue weighted by Gasteiger charge is 2.23. The monoisotopic (exact) mass is 359 g/mol. The third-order valence-electron chi connectivity index (χ3n) is 3.68. The van der Waals surface area contributed by atoms with Crippen molar-refractivity contribution in [2.24, 2.45) is 4.99 Å². The number of aromatic nitrogens is 1. The number of benzene rings is 1. The van der Waals surface area contributed by atoms with Crippen molar-refractivity contribution in [2.75, 3.05) is 19.0 Å². The molecule has 26 heavy (non-hydrogen) atoms. The van der Waals surface area contributed by atoms with Gasteiger partial charge < -0.3 is 25.1 Å². The van der Waals surface area contributed by atoms with Gasteiger partial charge in [-0.2, -0.15) is 4.73 Å². The van der Waals surface area contributed by atoms with Gasteiger partial charge in [0.15, 0.2) is 6.20 Å². The molecule has 0 atom stereocenters. The van der Waals surface area contributed by atoms with Crippen LogP contribution in [-0.2, 0) is 18.0 Å². The van der Waals surface area contributed by atoms with Crippen molar-refractivity contribution in [3.05, 3.63) is 52.5 Å². The first-order valence-electron chi connectivity index (χ1n) is 7.86. The Kier molecular flexibility index (Phi) is 6.26. The van der Waals surface area contributed by atoms with E-state index in [9.17, 15) is 20.2 Å². The first kappa shape index (κ1) is 19.4. The van der Waals surface area contributed by atoms with Crippen LogP contribution in [-0.4, -0.2) is 36.5 Å². The molecule has 1 aromatic carbocycles. The van der Waals surface area contributed by atoms with Crippen molar-refractivity contribution in [1.82, 2.24) is 0 Å². The topological polar surface area (TPSA) is 109 Å². The Labute approximate surface area is 151 Å². The molecule has 0 fully saturated rings. The van der Waals surface area contributed by atoms with Gasteiger partial charge in [-0.05, 0) is 24.3 Å². The molecule has 2 N–H and O–H groups in total. The maximum Gasteiger partial charge on any atom is 0.308 e. The summed E-state index contributed by atoms with van der Waals surface area (Å²) in [5, 5.41) is 31.2. The van der Waals surface area contributed by atoms with E-state index >= 15 is 0 Å². The Morgan fingerprint density at radius 1 is 1.27 bits per heavy atom. The number of pyridine rings is 1. The number of hydrogen-bond acceptors (Lipinski definition) is 7. The minimum atomic E-state index is -0.653. The lowest BCUT2D eigenvalue weighted by Gasteiger charge is -2.13. The zero-order valence-electron chi connectivity index (χ0n) is 14.8. The number of carbonyl (C=O) groups is 1. The summed E-state index contributed by atoms with van der Waals surface area (Å²) in [6, 6.07) is 7.31. The molecule has 0 bridgehead atoms. The van der Waals surface area contributed by atoms with Crippen LogP contribution in [0.25, 0.3) is 0 Å². The van der Waals surface area contributed by atoms with E-state index in [1.54, 1.807) is 12.1 Å². The summed E-state index contributed by atoms with van der Waals surface area (Å²) in [6.07, 6.45) is 2.38. The zero-order valence-corrected chi connectivity index (χ0v) is 14.8. The van der Waals surface area contributed by atoms with E-state index in [2.05, 4.69) is 4.99 Å². The largest absolute Gasteiger partial charge is 0.618 e. The highest BCUT2D eigenvalue weighted by molar-refractivity contribution is 5.84. The fourth-order valence-corrected chi connectivity index (χ4v) is 2.34. The maximum atomic E-state index is 12.3. The van der Waals surface area contributed by atoms with Gasteiger partial charge in [-0.3, -0.25) is 4.79 Å². The smallest absolute Gasteiger partial charge is 0.308 e. The number of anilines is 1. The molecule has 2 aromatic rings. The maximum absolute atomic E-state index is 12.3. The Morgan fingerprint density at radius 2 is 1.92 bits per heavy atom. The SMILES string of the molecule is CC(=O)Oc1c(CO)c(CO)c[n+]([O-])c1C=Nc1ccc(N(C)C)cc1. The van der Waals surface area contributed by atoms with E-state index in [1.807, 2.05) is 31.1 Å². The summed E-state index contributed by atoms with van der Waals surface area (Å²) < 4.78 is 5.55. The van der Waals surface area contributed by atoms with E-state index in [1.165, 1.54) is 13.1 Å². The summed E-state index contributed by atoms with van der Waals surface area (Å²) in [7, 11) is 3.84. The molecular weight excluding hydrogens is 338 g/mol. The minimum Gasteiger partial charge on any atom is -0.618 e. The summed E-state index contributed by atoms with van der Waals surface area (Å²) in [5.74, 6) is -0.769. The van der Waals surface area contributed by atoms with Gasteiger partial charge in [-0.1, -0.05) is 0 Å². The van der Waals surface area contributed by atoms with Gasteiger partial charge >= 0.3 is 5.97 Å². The van der Waals surface area contributed by atoms with Crippen LogP contribution in [0.3, 0.4) is 0 Å². The molecule has 0 unspecified atom stereocenters. The molecule has 1 aromatic heterocycles. The highest BCUT2D eigenvalue weighted by atomic mass is 16.5. The van der Waals surface area contributed by atoms with Gasteiger partial charge in [0.05, 0.1) is 24.5 Å². The van der Waals surface area contributed by atoms with Gasteiger partial charge in [-0.15, -0.1) is 0 Å². The Hall–Kier alpha value is -2.97. The normalized spacial score (nSPS) is 11.0. The predicted molar refractivity (Wildman–Crippen MR) is 96.6 cm³/mol. The van der Waals surface area contributed by atoms with E-state index in [0.29, 0.717) is 10.4 Å². The van der Waals surface area contributed by atoms with E-state index in [0.717, 1.165) is 11.9 Å². The fraction of sp³-hybridized carbons (Fsp3) is 0.278. The molecule has 0 radical (unpaired) electrons. The van der Waals surface area contributed by atoms with Crippen LogP contribution < -0.4 is 14.4 Å². The van der Waals surface area contributed by atoms with Gasteiger partial charge in [0.25, 0.3) is 5.69 Å². The fourth-order valence-electron chi connectivity index (χ4n) is 2.34. The average molecular weight is 359 g/mol. The van der Waals surface area contributed by atoms with Crippen LogP contribution in [0.1, 0.15) is 23.7 Å². The molecule has 0 saturated carbocycles. The predicted octanol–water partition coefficient (Wildman–Crippen LogP) is 1.05. The van der Waals surface area contributed by atoms with Crippen molar-refractivity contribution >= 4 is 23.6 Å². The van der Waals surface area contributed by atoms with Crippen molar-refractivity contribution in [3.8, 4) is 5.75 Å². The first-order chi connectivity index (χ1) is 12.4. The molecule has 8 nitrogen and oxygen atoms in total. The molecule has 0 aliphatic heterocycles. The van der Waals surface area contributed by atoms with Crippen LogP contribution in [0.5, 0.6) is 5.75 Å². The number of aliphatic hydroxyl groups excluding tert-OH is 2.